The van der Waals surface area contributed by atoms with Crippen LogP contribution in [0.3, 0.4) is 0 Å². The number of para-hydroxylation sites is 3. The molecule has 0 bridgehead atoms. The monoisotopic (exact) mass is 876 g/mol. The molecule has 11 aromatic carbocycles. The number of benzene rings is 11. The van der Waals surface area contributed by atoms with Gasteiger partial charge in [0, 0.05) is 39.7 Å². The summed E-state index contributed by atoms with van der Waals surface area (Å²) >= 11 is 0. The van der Waals surface area contributed by atoms with E-state index >= 15 is 0 Å². The summed E-state index contributed by atoms with van der Waals surface area (Å²) in [7, 11) is 0. The van der Waals surface area contributed by atoms with Gasteiger partial charge < -0.3 is 13.9 Å². The van der Waals surface area contributed by atoms with E-state index in [9.17, 15) is 28.8 Å². The molecular weight excluding hydrogens is 801 g/mol. The van der Waals surface area contributed by atoms with Crippen LogP contribution in [0, 0.1) is 0 Å². The molecule has 66 heavy (non-hydrogen) atoms. The second-order valence-corrected chi connectivity index (χ2v) is 15.6. The van der Waals surface area contributed by atoms with Gasteiger partial charge in [0.2, 0.25) is 0 Å². The molecule has 1 aliphatic carbocycles. The lowest BCUT2D eigenvalue weighted by atomic mass is 9.82. The van der Waals surface area contributed by atoms with Crippen LogP contribution in [-0.4, -0.2) is 4.57 Å². The summed E-state index contributed by atoms with van der Waals surface area (Å²) in [5, 5.41) is -5.49. The van der Waals surface area contributed by atoms with E-state index < -0.39 is 316 Å². The summed E-state index contributed by atoms with van der Waals surface area (Å²) in [5.41, 5.74) is -12.3. The molecule has 2 aromatic heterocycles. The second kappa shape index (κ2) is 13.8. The number of nitrogens with zero attached hydrogens (tertiary/aromatic N) is 2. The summed E-state index contributed by atoms with van der Waals surface area (Å²) in [5.74, 6) is 0. The molecule has 13 aromatic rings. The van der Waals surface area contributed by atoms with E-state index in [1.54, 1.807) is 0 Å². The third-order valence-electron chi connectivity index (χ3n) is 11.9. The van der Waals surface area contributed by atoms with Gasteiger partial charge in [-0.15, -0.1) is 0 Å². The van der Waals surface area contributed by atoms with E-state index in [4.69, 9.17) is 20.9 Å². The van der Waals surface area contributed by atoms with Crippen molar-refractivity contribution in [3.8, 4) is 27.9 Å². The topological polar surface area (TPSA) is 21.3 Å². The lowest BCUT2D eigenvalue weighted by Gasteiger charge is -2.31. The fourth-order valence-corrected chi connectivity index (χ4v) is 8.92. The maximum absolute atomic E-state index is 11.1. The van der Waals surface area contributed by atoms with Crippen molar-refractivity contribution in [3.05, 3.63) is 229 Å². The predicted molar refractivity (Wildman–Crippen MR) is 278 cm³/mol. The van der Waals surface area contributed by atoms with Gasteiger partial charge in [0.05, 0.1) is 66.3 Å². The molecule has 0 saturated carbocycles. The van der Waals surface area contributed by atoms with Crippen molar-refractivity contribution in [1.82, 2.24) is 4.57 Å². The zero-order valence-corrected chi connectivity index (χ0v) is 33.8. The molecule has 3 heteroatoms. The van der Waals surface area contributed by atoms with E-state index in [1.165, 1.54) is 6.92 Å². The van der Waals surface area contributed by atoms with Gasteiger partial charge in [-0.3, -0.25) is 0 Å². The van der Waals surface area contributed by atoms with Crippen molar-refractivity contribution in [2.45, 2.75) is 19.2 Å². The van der Waals surface area contributed by atoms with Crippen LogP contribution in [-0.2, 0) is 5.41 Å². The fraction of sp³-hybridized carbons (Fsp3) is 0.0476. The Morgan fingerprint density at radius 2 is 1.11 bits per heavy atom. The second-order valence-electron chi connectivity index (χ2n) is 15.6. The van der Waals surface area contributed by atoms with Crippen LogP contribution in [0.2, 0.25) is 0 Å². The highest BCUT2D eigenvalue weighted by Gasteiger charge is 2.36. The van der Waals surface area contributed by atoms with Crippen LogP contribution < -0.4 is 4.90 Å². The van der Waals surface area contributed by atoms with Gasteiger partial charge >= 0.3 is 0 Å². The average Bonchev–Trinajstić information content (AvgIpc) is 1.67. The van der Waals surface area contributed by atoms with Gasteiger partial charge in [-0.05, 0) is 132 Å². The number of anilines is 3. The van der Waals surface area contributed by atoms with Crippen LogP contribution in [0.4, 0.5) is 17.1 Å². The molecule has 0 amide bonds. The average molecular weight is 876 g/mol. The fourth-order valence-electron chi connectivity index (χ4n) is 8.92. The van der Waals surface area contributed by atoms with Crippen molar-refractivity contribution >= 4 is 93.1 Å². The quantitative estimate of drug-likeness (QED) is 0.161. The summed E-state index contributed by atoms with van der Waals surface area (Å²) < 4.78 is 321. The first-order valence-corrected chi connectivity index (χ1v) is 20.2. The molecule has 1 unspecified atom stereocenters. The van der Waals surface area contributed by atoms with Gasteiger partial charge in [-0.25, -0.2) is 0 Å². The normalized spacial score (nSPS) is 21.6. The SMILES string of the molecule is [2H]CC1(C)c2cc([2H])c([2H])c([2H])c2-c2c([2H])c([2H])c(N(c3c([2H])c([2H])c([2H])c(-c4c([2H])c([2H])c5oc6c([2H])c([2H])cc([2H])c6c5c4[2H])c3[2H])c3c(-n4c5c([2H])c([2H])c([2H])c([2H])c5c5c([2H])c([2H])c([2H])c([2H])c54)c([2H])c4c5c([2H])cc([2H])c([2H])c5c5cc([2H])c([2H])c([2H])c5c4c3[2H])c([2H])c21. The van der Waals surface area contributed by atoms with Gasteiger partial charge in [0.1, 0.15) is 11.2 Å². The molecule has 1 aliphatic rings. The Morgan fingerprint density at radius 1 is 0.455 bits per heavy atom. The Kier molecular flexibility index (Phi) is 3.59. The van der Waals surface area contributed by atoms with E-state index in [-0.39, 0.29) is 21.9 Å². The minimum absolute atomic E-state index is 0.0708. The number of hydrogen-bond donors (Lipinski definition) is 0. The largest absolute Gasteiger partial charge is 0.456 e. The molecule has 14 rings (SSSR count). The molecule has 2 heterocycles. The van der Waals surface area contributed by atoms with E-state index in [1.807, 2.05) is 0 Å². The summed E-state index contributed by atoms with van der Waals surface area (Å²) in [6.07, 6.45) is 0. The highest BCUT2D eigenvalue weighted by atomic mass is 16.3. The van der Waals surface area contributed by atoms with Gasteiger partial charge in [-0.2, -0.15) is 0 Å². The highest BCUT2D eigenvalue weighted by Crippen LogP contribution is 2.52. The highest BCUT2D eigenvalue weighted by molar-refractivity contribution is 6.26. The zero-order valence-electron chi connectivity index (χ0n) is 66.8. The Hall–Kier alpha value is -8.40. The van der Waals surface area contributed by atoms with Crippen molar-refractivity contribution < 1.29 is 49.7 Å². The number of furan rings is 1. The molecule has 0 saturated heterocycles. The van der Waals surface area contributed by atoms with Gasteiger partial charge in [-0.1, -0.05) is 165 Å². The van der Waals surface area contributed by atoms with Crippen LogP contribution in [0.15, 0.2) is 222 Å². The van der Waals surface area contributed by atoms with E-state index in [2.05, 4.69) is 0 Å². The Morgan fingerprint density at radius 3 is 1.97 bits per heavy atom. The number of aromatic nitrogens is 1. The van der Waals surface area contributed by atoms with E-state index in [0.29, 0.717) is 9.47 Å². The standard InChI is InChI=1S/C63H42N2O/c1-63(2)55-26-11-7-22-47(55)48-32-31-42(36-56(48)63)64(41-17-15-16-39(34-41)40-30-33-62-54(35-40)51-25-10-14-29-61(51)66-62)59-37-52-45-20-5-3-18-43(45)44-19-4-6-21-46(44)53(52)38-60(59)65-57-27-12-8-23-49(57)50-24-9-13-28-58(50)65/h3-38H,1-2H3/i1D,3D,4D,5D,7D,8D,9D,11D,12D,13D,14D,15D,16D,17D,19D,20D,21D,22D,23D,24D,25D,27D,28D,29D,30D,31D,32D,33D,34D,35D,36D,37D,38D. The lowest BCUT2D eigenvalue weighted by Crippen LogP contribution is -2.17. The Bertz CT molecular complexity index is 6020. The lowest BCUT2D eigenvalue weighted by molar-refractivity contribution is 0.660. The van der Waals surface area contributed by atoms with Crippen LogP contribution >= 0.6 is 0 Å². The van der Waals surface area contributed by atoms with Gasteiger partial charge in [0.25, 0.3) is 0 Å². The zero-order chi connectivity index (χ0) is 72.2. The van der Waals surface area contributed by atoms with Crippen molar-refractivity contribution in [2.24, 2.45) is 0 Å². The van der Waals surface area contributed by atoms with Crippen LogP contribution in [0.5, 0.6) is 0 Å². The van der Waals surface area contributed by atoms with Crippen molar-refractivity contribution in [2.75, 3.05) is 4.90 Å². The predicted octanol–water partition coefficient (Wildman–Crippen LogP) is 17.6. The molecule has 0 fully saturated rings. The Labute approximate surface area is 428 Å². The molecule has 0 radical (unpaired) electrons. The molecule has 0 N–H and O–H groups in total. The molecule has 0 aliphatic heterocycles. The van der Waals surface area contributed by atoms with E-state index in [0.717, 1.165) is 24.3 Å². The first-order chi connectivity index (χ1) is 46.4. The minimum atomic E-state index is -1.96. The molecule has 1 atom stereocenters. The molecule has 310 valence electrons. The maximum Gasteiger partial charge on any atom is 0.135 e. The Balaban J connectivity index is 1.33. The molecule has 0 spiro atoms. The first kappa shape index (κ1) is 17.2. The van der Waals surface area contributed by atoms with Crippen LogP contribution in [0.1, 0.15) is 70.2 Å². The third-order valence-corrected chi connectivity index (χ3v) is 11.9. The third kappa shape index (κ3) is 5.26. The number of rotatable bonds is 5. The first-order valence-electron chi connectivity index (χ1n) is 36.9. The maximum atomic E-state index is 11.1. The van der Waals surface area contributed by atoms with Crippen LogP contribution in [0.25, 0.3) is 104 Å². The number of hydrogen-bond acceptors (Lipinski definition) is 2. The minimum Gasteiger partial charge on any atom is -0.456 e. The smallest absolute Gasteiger partial charge is 0.135 e. The molecule has 3 nitrogen and oxygen atoms in total. The van der Waals surface area contributed by atoms with Gasteiger partial charge in [0.15, 0.2) is 0 Å². The summed E-state index contributed by atoms with van der Waals surface area (Å²) in [4.78, 5) is 0.495. The summed E-state index contributed by atoms with van der Waals surface area (Å²) in [6, 6.07) is -25.5. The van der Waals surface area contributed by atoms with Crippen molar-refractivity contribution in [3.63, 3.8) is 0 Å². The summed E-state index contributed by atoms with van der Waals surface area (Å²) in [6.45, 7) is 0.557. The van der Waals surface area contributed by atoms with Crippen molar-refractivity contribution in [1.29, 1.82) is 0 Å². The molecular formula is C63H42N2O. The number of fused-ring (bicyclic) bond motifs is 15.